The number of hydrazine groups is 1. The van der Waals surface area contributed by atoms with Gasteiger partial charge in [0.05, 0.1) is 18.4 Å². The molecule has 6 nitrogen and oxygen atoms in total. The maximum Gasteiger partial charge on any atom is 0.271 e. The predicted molar refractivity (Wildman–Crippen MR) is 72.9 cm³/mol. The molecular formula is C10H9N5OS2. The van der Waals surface area contributed by atoms with Crippen LogP contribution >= 0.6 is 22.7 Å². The number of nitrogen functional groups attached to an aromatic ring is 1. The highest BCUT2D eigenvalue weighted by molar-refractivity contribution is 7.17. The summed E-state index contributed by atoms with van der Waals surface area (Å²) in [5.41, 5.74) is 3.20. The van der Waals surface area contributed by atoms with E-state index in [9.17, 15) is 4.79 Å². The molecule has 0 fully saturated rings. The van der Waals surface area contributed by atoms with Crippen LogP contribution in [0.25, 0.3) is 10.2 Å². The smallest absolute Gasteiger partial charge is 0.271 e. The van der Waals surface area contributed by atoms with Crippen LogP contribution in [0.3, 0.4) is 0 Å². The highest BCUT2D eigenvalue weighted by atomic mass is 32.1. The lowest BCUT2D eigenvalue weighted by atomic mass is 10.4. The summed E-state index contributed by atoms with van der Waals surface area (Å²) in [6.07, 6.45) is 3.26. The van der Waals surface area contributed by atoms with E-state index < -0.39 is 0 Å². The van der Waals surface area contributed by atoms with Gasteiger partial charge in [-0.15, -0.1) is 11.3 Å². The SMILES string of the molecule is NNc1ncc(Cn2cnc3ccsc3c2=O)s1. The number of fused-ring (bicyclic) bond motifs is 1. The van der Waals surface area contributed by atoms with E-state index in [0.29, 0.717) is 16.4 Å². The molecule has 0 radical (unpaired) electrons. The number of nitrogens with two attached hydrogens (primary N) is 1. The molecule has 0 aliphatic rings. The monoisotopic (exact) mass is 279 g/mol. The van der Waals surface area contributed by atoms with Crippen molar-refractivity contribution >= 4 is 38.0 Å². The van der Waals surface area contributed by atoms with Crippen molar-refractivity contribution in [1.29, 1.82) is 0 Å². The molecule has 18 heavy (non-hydrogen) atoms. The van der Waals surface area contributed by atoms with Crippen LogP contribution in [0.15, 0.2) is 28.8 Å². The van der Waals surface area contributed by atoms with E-state index in [-0.39, 0.29) is 5.56 Å². The Labute approximate surface area is 110 Å². The van der Waals surface area contributed by atoms with Gasteiger partial charge in [-0.2, -0.15) is 0 Å². The van der Waals surface area contributed by atoms with Gasteiger partial charge in [0, 0.05) is 11.1 Å². The third kappa shape index (κ3) is 1.90. The summed E-state index contributed by atoms with van der Waals surface area (Å²) in [7, 11) is 0. The van der Waals surface area contributed by atoms with Gasteiger partial charge in [-0.3, -0.25) is 14.8 Å². The zero-order valence-electron chi connectivity index (χ0n) is 9.16. The number of thiazole rings is 1. The molecular weight excluding hydrogens is 270 g/mol. The molecule has 0 aliphatic carbocycles. The van der Waals surface area contributed by atoms with Crippen molar-refractivity contribution in [3.8, 4) is 0 Å². The molecule has 0 amide bonds. The Kier molecular flexibility index (Phi) is 2.82. The summed E-state index contributed by atoms with van der Waals surface area (Å²) < 4.78 is 2.26. The first-order valence-electron chi connectivity index (χ1n) is 5.12. The number of rotatable bonds is 3. The van der Waals surface area contributed by atoms with Gasteiger partial charge in [0.15, 0.2) is 5.13 Å². The second kappa shape index (κ2) is 4.48. The van der Waals surface area contributed by atoms with Gasteiger partial charge < -0.3 is 0 Å². The molecule has 0 unspecified atom stereocenters. The average molecular weight is 279 g/mol. The third-order valence-electron chi connectivity index (χ3n) is 2.44. The molecule has 3 aromatic heterocycles. The van der Waals surface area contributed by atoms with Gasteiger partial charge in [0.2, 0.25) is 0 Å². The van der Waals surface area contributed by atoms with Crippen molar-refractivity contribution in [3.05, 3.63) is 39.2 Å². The van der Waals surface area contributed by atoms with Crippen molar-refractivity contribution in [2.24, 2.45) is 5.84 Å². The molecule has 0 saturated carbocycles. The van der Waals surface area contributed by atoms with Gasteiger partial charge >= 0.3 is 0 Å². The molecule has 3 aromatic rings. The first kappa shape index (κ1) is 11.3. The van der Waals surface area contributed by atoms with Crippen LogP contribution in [0.5, 0.6) is 0 Å². The largest absolute Gasteiger partial charge is 0.300 e. The van der Waals surface area contributed by atoms with E-state index in [1.807, 2.05) is 11.4 Å². The molecule has 0 atom stereocenters. The van der Waals surface area contributed by atoms with Crippen LogP contribution in [-0.2, 0) is 6.54 Å². The summed E-state index contributed by atoms with van der Waals surface area (Å²) in [5.74, 6) is 5.27. The zero-order valence-corrected chi connectivity index (χ0v) is 10.8. The third-order valence-corrected chi connectivity index (χ3v) is 4.24. The predicted octanol–water partition coefficient (Wildman–Crippen LogP) is 1.25. The van der Waals surface area contributed by atoms with E-state index in [4.69, 9.17) is 5.84 Å². The van der Waals surface area contributed by atoms with E-state index in [2.05, 4.69) is 15.4 Å². The van der Waals surface area contributed by atoms with Crippen molar-refractivity contribution in [2.75, 3.05) is 5.43 Å². The average Bonchev–Trinajstić information content (AvgIpc) is 3.01. The van der Waals surface area contributed by atoms with Gasteiger partial charge in [-0.25, -0.2) is 15.8 Å². The Bertz CT molecular complexity index is 744. The molecule has 0 spiro atoms. The topological polar surface area (TPSA) is 85.8 Å². The maximum atomic E-state index is 12.1. The van der Waals surface area contributed by atoms with Crippen molar-refractivity contribution < 1.29 is 0 Å². The Morgan fingerprint density at radius 3 is 3.11 bits per heavy atom. The zero-order chi connectivity index (χ0) is 12.5. The summed E-state index contributed by atoms with van der Waals surface area (Å²) in [6.45, 7) is 0.457. The Hall–Kier alpha value is -1.77. The van der Waals surface area contributed by atoms with Crippen LogP contribution in [0.1, 0.15) is 4.88 Å². The highest BCUT2D eigenvalue weighted by Crippen LogP contribution is 2.18. The fraction of sp³-hybridized carbons (Fsp3) is 0.100. The van der Waals surface area contributed by atoms with E-state index >= 15 is 0 Å². The van der Waals surface area contributed by atoms with Crippen LogP contribution in [0.4, 0.5) is 5.13 Å². The normalized spacial score (nSPS) is 10.9. The molecule has 0 aliphatic heterocycles. The van der Waals surface area contributed by atoms with Gasteiger partial charge in [0.25, 0.3) is 5.56 Å². The molecule has 0 bridgehead atoms. The number of thiophene rings is 1. The minimum atomic E-state index is -0.0225. The van der Waals surface area contributed by atoms with Crippen molar-refractivity contribution in [2.45, 2.75) is 6.54 Å². The van der Waals surface area contributed by atoms with Gasteiger partial charge in [0.1, 0.15) is 4.70 Å². The lowest BCUT2D eigenvalue weighted by molar-refractivity contribution is 0.758. The van der Waals surface area contributed by atoms with Gasteiger partial charge in [-0.05, 0) is 11.4 Å². The fourth-order valence-corrected chi connectivity index (χ4v) is 3.12. The second-order valence-corrected chi connectivity index (χ2v) is 5.62. The summed E-state index contributed by atoms with van der Waals surface area (Å²) >= 11 is 2.82. The number of aromatic nitrogens is 3. The Morgan fingerprint density at radius 2 is 2.33 bits per heavy atom. The van der Waals surface area contributed by atoms with Crippen LogP contribution in [0, 0.1) is 0 Å². The molecule has 8 heteroatoms. The highest BCUT2D eigenvalue weighted by Gasteiger charge is 2.07. The summed E-state index contributed by atoms with van der Waals surface area (Å²) in [4.78, 5) is 21.4. The van der Waals surface area contributed by atoms with Gasteiger partial charge in [-0.1, -0.05) is 11.3 Å². The summed E-state index contributed by atoms with van der Waals surface area (Å²) in [6, 6.07) is 1.84. The Morgan fingerprint density at radius 1 is 1.44 bits per heavy atom. The van der Waals surface area contributed by atoms with Crippen LogP contribution in [-0.4, -0.2) is 14.5 Å². The quantitative estimate of drug-likeness (QED) is 0.556. The fourth-order valence-electron chi connectivity index (χ4n) is 1.61. The van der Waals surface area contributed by atoms with E-state index in [1.165, 1.54) is 22.7 Å². The molecule has 0 saturated heterocycles. The lowest BCUT2D eigenvalue weighted by Gasteiger charge is -2.01. The number of nitrogens with zero attached hydrogens (tertiary/aromatic N) is 3. The summed E-state index contributed by atoms with van der Waals surface area (Å²) in [5, 5.41) is 2.50. The maximum absolute atomic E-state index is 12.1. The van der Waals surface area contributed by atoms with E-state index in [0.717, 1.165) is 10.4 Å². The first-order valence-corrected chi connectivity index (χ1v) is 6.81. The molecule has 3 heterocycles. The minimum Gasteiger partial charge on any atom is -0.300 e. The van der Waals surface area contributed by atoms with Crippen molar-refractivity contribution in [1.82, 2.24) is 14.5 Å². The molecule has 92 valence electrons. The first-order chi connectivity index (χ1) is 8.78. The minimum absolute atomic E-state index is 0.0225. The molecule has 0 aromatic carbocycles. The number of hydrogen-bond acceptors (Lipinski definition) is 7. The number of nitrogens with one attached hydrogen (secondary N) is 1. The molecule has 3 rings (SSSR count). The lowest BCUT2D eigenvalue weighted by Crippen LogP contribution is -2.19. The van der Waals surface area contributed by atoms with Crippen LogP contribution < -0.4 is 16.8 Å². The molecule has 3 N–H and O–H groups in total. The second-order valence-electron chi connectivity index (χ2n) is 3.59. The van der Waals surface area contributed by atoms with Crippen LogP contribution in [0.2, 0.25) is 0 Å². The Balaban J connectivity index is 1.99. The van der Waals surface area contributed by atoms with Crippen molar-refractivity contribution in [3.63, 3.8) is 0 Å². The number of anilines is 1. The van der Waals surface area contributed by atoms with E-state index in [1.54, 1.807) is 17.1 Å². The number of hydrogen-bond donors (Lipinski definition) is 2. The standard InChI is InChI=1S/C10H9N5OS2/c11-14-10-12-3-6(18-10)4-15-5-13-7-1-2-17-8(7)9(15)16/h1-3,5H,4,11H2,(H,12,14).